The molecule has 0 saturated carbocycles. The molecule has 0 fully saturated rings. The van der Waals surface area contributed by atoms with Crippen LogP contribution in [0.1, 0.15) is 27.0 Å². The van der Waals surface area contributed by atoms with Crippen molar-refractivity contribution in [3.63, 3.8) is 0 Å². The number of nitrogens with one attached hydrogen (secondary N) is 2. The number of hydrogen-bond acceptors (Lipinski definition) is 4. The molecule has 6 heteroatoms. The molecule has 2 aromatic carbocycles. The summed E-state index contributed by atoms with van der Waals surface area (Å²) in [6, 6.07) is 14.5. The Hall–Kier alpha value is -3.36. The fourth-order valence-electron chi connectivity index (χ4n) is 2.73. The second-order valence-corrected chi connectivity index (χ2v) is 6.54. The Bertz CT molecular complexity index is 1030. The number of pyridine rings is 1. The zero-order chi connectivity index (χ0) is 19.4. The molecule has 3 aromatic rings. The minimum atomic E-state index is -0.347. The van der Waals surface area contributed by atoms with Crippen LogP contribution in [0.3, 0.4) is 0 Å². The molecule has 27 heavy (non-hydrogen) atoms. The summed E-state index contributed by atoms with van der Waals surface area (Å²) >= 11 is 6.33. The molecule has 1 aromatic heterocycles. The maximum atomic E-state index is 12.6. The minimum absolute atomic E-state index is 0.347. The fourth-order valence-corrected chi connectivity index (χ4v) is 3.10. The molecule has 1 amide bonds. The Labute approximate surface area is 162 Å². The first-order valence-corrected chi connectivity index (χ1v) is 8.65. The number of carbonyl (C=O) groups is 1. The maximum absolute atomic E-state index is 12.6. The molecule has 0 aliphatic rings. The van der Waals surface area contributed by atoms with Crippen molar-refractivity contribution in [1.82, 2.24) is 4.98 Å². The van der Waals surface area contributed by atoms with Gasteiger partial charge in [0, 0.05) is 6.20 Å². The van der Waals surface area contributed by atoms with Crippen LogP contribution in [0, 0.1) is 25.2 Å². The highest BCUT2D eigenvalue weighted by atomic mass is 35.5. The van der Waals surface area contributed by atoms with Crippen molar-refractivity contribution in [2.45, 2.75) is 13.8 Å². The summed E-state index contributed by atoms with van der Waals surface area (Å²) in [5, 5.41) is 15.7. The molecule has 0 aliphatic heterocycles. The lowest BCUT2D eigenvalue weighted by atomic mass is 10.1. The third-order valence-corrected chi connectivity index (χ3v) is 4.30. The van der Waals surface area contributed by atoms with Crippen LogP contribution >= 0.6 is 11.6 Å². The SMILES string of the molecule is Cc1cc(C)c(Nc2cncc(C(=O)Nc3ccccc3C#N)c2)c(Cl)c1. The van der Waals surface area contributed by atoms with Gasteiger partial charge in [0.25, 0.3) is 5.91 Å². The van der Waals surface area contributed by atoms with Gasteiger partial charge in [-0.2, -0.15) is 5.26 Å². The summed E-state index contributed by atoms with van der Waals surface area (Å²) in [5.41, 5.74) is 4.72. The predicted molar refractivity (Wildman–Crippen MR) is 108 cm³/mol. The molecule has 2 N–H and O–H groups in total. The molecular weight excluding hydrogens is 360 g/mol. The van der Waals surface area contributed by atoms with Crippen LogP contribution in [0.2, 0.25) is 5.02 Å². The third-order valence-electron chi connectivity index (χ3n) is 4.00. The molecule has 0 saturated heterocycles. The average molecular weight is 377 g/mol. The number of rotatable bonds is 4. The van der Waals surface area contributed by atoms with Crippen LogP contribution in [-0.2, 0) is 0 Å². The van der Waals surface area contributed by atoms with E-state index in [1.165, 1.54) is 6.20 Å². The van der Waals surface area contributed by atoms with Gasteiger partial charge < -0.3 is 10.6 Å². The quantitative estimate of drug-likeness (QED) is 0.654. The molecule has 1 heterocycles. The van der Waals surface area contributed by atoms with E-state index in [4.69, 9.17) is 16.9 Å². The summed E-state index contributed by atoms with van der Waals surface area (Å²) in [6.07, 6.45) is 3.09. The minimum Gasteiger partial charge on any atom is -0.353 e. The first kappa shape index (κ1) is 18.4. The van der Waals surface area contributed by atoms with Crippen LogP contribution in [0.25, 0.3) is 0 Å². The lowest BCUT2D eigenvalue weighted by molar-refractivity contribution is 0.102. The monoisotopic (exact) mass is 376 g/mol. The van der Waals surface area contributed by atoms with E-state index in [9.17, 15) is 4.79 Å². The molecule has 0 radical (unpaired) electrons. The van der Waals surface area contributed by atoms with Crippen molar-refractivity contribution in [3.05, 3.63) is 82.1 Å². The van der Waals surface area contributed by atoms with Gasteiger partial charge in [-0.3, -0.25) is 9.78 Å². The van der Waals surface area contributed by atoms with E-state index in [0.29, 0.717) is 27.5 Å². The van der Waals surface area contributed by atoms with Gasteiger partial charge in [-0.25, -0.2) is 0 Å². The molecule has 0 atom stereocenters. The van der Waals surface area contributed by atoms with Gasteiger partial charge in [0.1, 0.15) is 6.07 Å². The van der Waals surface area contributed by atoms with Gasteiger partial charge in [-0.05, 0) is 49.2 Å². The fraction of sp³-hybridized carbons (Fsp3) is 0.0952. The van der Waals surface area contributed by atoms with E-state index >= 15 is 0 Å². The van der Waals surface area contributed by atoms with Crippen LogP contribution < -0.4 is 10.6 Å². The second kappa shape index (κ2) is 7.90. The number of aromatic nitrogens is 1. The van der Waals surface area contributed by atoms with Crippen molar-refractivity contribution in [2.24, 2.45) is 0 Å². The van der Waals surface area contributed by atoms with E-state index in [1.807, 2.05) is 26.0 Å². The molecule has 0 spiro atoms. The molecule has 0 unspecified atom stereocenters. The standard InChI is InChI=1S/C21H17ClN4O/c1-13-7-14(2)20(18(22)8-13)25-17-9-16(11-24-12-17)21(27)26-19-6-4-3-5-15(19)10-23/h3-9,11-12,25H,1-2H3,(H,26,27). The van der Waals surface area contributed by atoms with Gasteiger partial charge in [-0.1, -0.05) is 29.8 Å². The topological polar surface area (TPSA) is 77.8 Å². The lowest BCUT2D eigenvalue weighted by Crippen LogP contribution is -2.13. The number of nitriles is 1. The van der Waals surface area contributed by atoms with Gasteiger partial charge >= 0.3 is 0 Å². The Balaban J connectivity index is 1.84. The first-order chi connectivity index (χ1) is 13.0. The Morgan fingerprint density at radius 3 is 2.67 bits per heavy atom. The highest BCUT2D eigenvalue weighted by Crippen LogP contribution is 2.30. The number of anilines is 3. The highest BCUT2D eigenvalue weighted by molar-refractivity contribution is 6.33. The lowest BCUT2D eigenvalue weighted by Gasteiger charge is -2.13. The number of hydrogen-bond donors (Lipinski definition) is 2. The summed E-state index contributed by atoms with van der Waals surface area (Å²) in [7, 11) is 0. The van der Waals surface area contributed by atoms with Crippen molar-refractivity contribution >= 4 is 34.6 Å². The molecule has 5 nitrogen and oxygen atoms in total. The molecule has 0 aliphatic carbocycles. The van der Waals surface area contributed by atoms with E-state index < -0.39 is 0 Å². The zero-order valence-corrected chi connectivity index (χ0v) is 15.6. The zero-order valence-electron chi connectivity index (χ0n) is 14.9. The Morgan fingerprint density at radius 1 is 1.15 bits per heavy atom. The molecule has 3 rings (SSSR count). The number of aryl methyl sites for hydroxylation is 2. The van der Waals surface area contributed by atoms with Gasteiger partial charge in [0.15, 0.2) is 0 Å². The molecule has 0 bridgehead atoms. The van der Waals surface area contributed by atoms with Crippen LogP contribution in [0.15, 0.2) is 54.9 Å². The number of para-hydroxylation sites is 1. The van der Waals surface area contributed by atoms with E-state index in [1.54, 1.807) is 36.5 Å². The second-order valence-electron chi connectivity index (χ2n) is 6.14. The largest absolute Gasteiger partial charge is 0.353 e. The number of nitrogens with zero attached hydrogens (tertiary/aromatic N) is 2. The normalized spacial score (nSPS) is 10.1. The van der Waals surface area contributed by atoms with Crippen LogP contribution in [0.4, 0.5) is 17.1 Å². The van der Waals surface area contributed by atoms with Crippen LogP contribution in [0.5, 0.6) is 0 Å². The first-order valence-electron chi connectivity index (χ1n) is 8.27. The van der Waals surface area contributed by atoms with Gasteiger partial charge in [0.05, 0.1) is 39.4 Å². The van der Waals surface area contributed by atoms with E-state index in [0.717, 1.165) is 16.8 Å². The smallest absolute Gasteiger partial charge is 0.257 e. The number of halogens is 1. The number of carbonyl (C=O) groups excluding carboxylic acids is 1. The number of amides is 1. The van der Waals surface area contributed by atoms with Gasteiger partial charge in [0.2, 0.25) is 0 Å². The van der Waals surface area contributed by atoms with Crippen molar-refractivity contribution < 1.29 is 4.79 Å². The highest BCUT2D eigenvalue weighted by Gasteiger charge is 2.11. The summed E-state index contributed by atoms with van der Waals surface area (Å²) in [6.45, 7) is 3.94. The van der Waals surface area contributed by atoms with E-state index in [-0.39, 0.29) is 5.91 Å². The molecule has 134 valence electrons. The summed E-state index contributed by atoms with van der Waals surface area (Å²) < 4.78 is 0. The number of benzene rings is 2. The summed E-state index contributed by atoms with van der Waals surface area (Å²) in [5.74, 6) is -0.347. The van der Waals surface area contributed by atoms with Gasteiger partial charge in [-0.15, -0.1) is 0 Å². The van der Waals surface area contributed by atoms with Crippen molar-refractivity contribution in [3.8, 4) is 6.07 Å². The van der Waals surface area contributed by atoms with Crippen molar-refractivity contribution in [1.29, 1.82) is 5.26 Å². The predicted octanol–water partition coefficient (Wildman–Crippen LogP) is 5.22. The Kier molecular flexibility index (Phi) is 5.39. The van der Waals surface area contributed by atoms with Crippen LogP contribution in [-0.4, -0.2) is 10.9 Å². The summed E-state index contributed by atoms with van der Waals surface area (Å²) in [4.78, 5) is 16.7. The maximum Gasteiger partial charge on any atom is 0.257 e. The van der Waals surface area contributed by atoms with Crippen molar-refractivity contribution in [2.75, 3.05) is 10.6 Å². The third kappa shape index (κ3) is 4.25. The molecular formula is C21H17ClN4O. The van der Waals surface area contributed by atoms with E-state index in [2.05, 4.69) is 21.7 Å². The average Bonchev–Trinajstić information content (AvgIpc) is 2.65. The Morgan fingerprint density at radius 2 is 1.93 bits per heavy atom.